The van der Waals surface area contributed by atoms with Crippen LogP contribution in [0.4, 0.5) is 0 Å². The van der Waals surface area contributed by atoms with Crippen LogP contribution in [-0.4, -0.2) is 54.7 Å². The summed E-state index contributed by atoms with van der Waals surface area (Å²) in [6.45, 7) is 10.4. The number of hydrogen-bond acceptors (Lipinski definition) is 6. The van der Waals surface area contributed by atoms with Crippen molar-refractivity contribution < 1.29 is 38.9 Å². The Morgan fingerprint density at radius 1 is 0.464 bits per heavy atom. The van der Waals surface area contributed by atoms with E-state index < -0.39 is 46.1 Å². The average molecular weight is 473 g/mol. The van der Waals surface area contributed by atoms with Crippen molar-refractivity contribution in [1.29, 1.82) is 0 Å². The molecule has 0 aliphatic rings. The van der Waals surface area contributed by atoms with E-state index >= 15 is 0 Å². The summed E-state index contributed by atoms with van der Waals surface area (Å²) >= 11 is 0. The van der Waals surface area contributed by atoms with Crippen molar-refractivity contribution in [2.75, 3.05) is 0 Å². The lowest BCUT2D eigenvalue weighted by atomic mass is 10.3. The van der Waals surface area contributed by atoms with E-state index in [0.29, 0.717) is 38.5 Å². The van der Waals surface area contributed by atoms with Crippen molar-refractivity contribution in [2.45, 2.75) is 103 Å². The lowest BCUT2D eigenvalue weighted by Crippen LogP contribution is -2.17. The molecule has 0 bridgehead atoms. The zero-order chi connectivity index (χ0) is 22.5. The molecule has 12 heteroatoms. The van der Waals surface area contributed by atoms with E-state index in [0.717, 1.165) is 0 Å². The molecule has 0 aromatic rings. The van der Waals surface area contributed by atoms with Gasteiger partial charge in [0, 0.05) is 0 Å². The molecule has 0 spiro atoms. The van der Waals surface area contributed by atoms with Crippen LogP contribution in [0.2, 0.25) is 0 Å². The molecule has 0 atom stereocenters. The van der Waals surface area contributed by atoms with Crippen molar-refractivity contribution >= 4 is 30.4 Å². The molecule has 0 unspecified atom stereocenters. The molecular formula is C16H40O9S3. The van der Waals surface area contributed by atoms with Gasteiger partial charge in [-0.3, -0.25) is 13.7 Å². The molecule has 0 aliphatic carbocycles. The van der Waals surface area contributed by atoms with Gasteiger partial charge >= 0.3 is 0 Å². The van der Waals surface area contributed by atoms with E-state index in [1.165, 1.54) is 0 Å². The zero-order valence-corrected chi connectivity index (χ0v) is 19.4. The molecule has 0 amide bonds. The lowest BCUT2D eigenvalue weighted by Gasteiger charge is -2.05. The molecule has 28 heavy (non-hydrogen) atoms. The second-order valence-corrected chi connectivity index (χ2v) is 11.0. The minimum absolute atomic E-state index is 0. The summed E-state index contributed by atoms with van der Waals surface area (Å²) in [6.07, 6.45) is 2.89. The fraction of sp³-hybridized carbons (Fsp3) is 1.00. The highest BCUT2D eigenvalue weighted by atomic mass is 32.2. The van der Waals surface area contributed by atoms with Crippen LogP contribution in [0.5, 0.6) is 0 Å². The molecule has 0 saturated heterocycles. The first kappa shape index (κ1) is 35.2. The van der Waals surface area contributed by atoms with Gasteiger partial charge in [-0.25, -0.2) is 0 Å². The number of rotatable bonds is 9. The van der Waals surface area contributed by atoms with Crippen LogP contribution >= 0.6 is 0 Å². The van der Waals surface area contributed by atoms with Gasteiger partial charge < -0.3 is 0 Å². The predicted octanol–water partition coefficient (Wildman–Crippen LogP) is 3.82. The zero-order valence-electron chi connectivity index (χ0n) is 17.0. The summed E-state index contributed by atoms with van der Waals surface area (Å²) in [5.74, 6) is 0. The third-order valence-corrected chi connectivity index (χ3v) is 8.52. The standard InChI is InChI=1S/3C5H12O3S.CH4/c3*1-3-5(4-2)9(6,7)8;/h3*5H,3-4H2,1-2H3,(H,6,7,8);1H4. The monoisotopic (exact) mass is 472 g/mol. The molecule has 0 aromatic heterocycles. The largest absolute Gasteiger partial charge is 0.285 e. The van der Waals surface area contributed by atoms with Crippen molar-refractivity contribution in [3.8, 4) is 0 Å². The molecule has 0 radical (unpaired) electrons. The van der Waals surface area contributed by atoms with E-state index in [9.17, 15) is 25.3 Å². The predicted molar refractivity (Wildman–Crippen MR) is 114 cm³/mol. The maximum absolute atomic E-state index is 10.3. The first-order valence-corrected chi connectivity index (χ1v) is 13.5. The summed E-state index contributed by atoms with van der Waals surface area (Å²) in [5.41, 5.74) is 0. The Morgan fingerprint density at radius 2 is 0.571 bits per heavy atom. The Kier molecular flexibility index (Phi) is 20.8. The summed E-state index contributed by atoms with van der Waals surface area (Å²) < 4.78 is 87.4. The Balaban J connectivity index is -0.000000152. The van der Waals surface area contributed by atoms with Gasteiger partial charge in [0.15, 0.2) is 0 Å². The minimum Gasteiger partial charge on any atom is -0.285 e. The van der Waals surface area contributed by atoms with E-state index in [-0.39, 0.29) is 7.43 Å². The van der Waals surface area contributed by atoms with Gasteiger partial charge in [-0.15, -0.1) is 0 Å². The van der Waals surface area contributed by atoms with Crippen LogP contribution in [-0.2, 0) is 30.4 Å². The number of hydrogen-bond donors (Lipinski definition) is 3. The molecular weight excluding hydrogens is 432 g/mol. The van der Waals surface area contributed by atoms with Crippen molar-refractivity contribution in [3.63, 3.8) is 0 Å². The fourth-order valence-corrected chi connectivity index (χ4v) is 4.66. The Bertz CT molecular complexity index is 561. The second-order valence-electron chi connectivity index (χ2n) is 5.86. The average Bonchev–Trinajstić information content (AvgIpc) is 2.48. The Labute approximate surface area is 172 Å². The van der Waals surface area contributed by atoms with Crippen LogP contribution in [0.25, 0.3) is 0 Å². The van der Waals surface area contributed by atoms with Gasteiger partial charge in [0.05, 0.1) is 15.7 Å². The van der Waals surface area contributed by atoms with Gasteiger partial charge in [-0.05, 0) is 38.5 Å². The van der Waals surface area contributed by atoms with Crippen LogP contribution in [0.1, 0.15) is 87.5 Å². The van der Waals surface area contributed by atoms with Crippen LogP contribution in [0.3, 0.4) is 0 Å². The first-order chi connectivity index (χ1) is 12.1. The third kappa shape index (κ3) is 17.8. The molecule has 0 aromatic carbocycles. The third-order valence-electron chi connectivity index (χ3n) is 4.00. The molecule has 0 aliphatic heterocycles. The topological polar surface area (TPSA) is 163 Å². The summed E-state index contributed by atoms with van der Waals surface area (Å²) in [6, 6.07) is 0. The van der Waals surface area contributed by atoms with Gasteiger partial charge in [0.25, 0.3) is 30.4 Å². The normalized spacial score (nSPS) is 12.0. The smallest absolute Gasteiger partial charge is 0.267 e. The minimum atomic E-state index is -3.77. The van der Waals surface area contributed by atoms with E-state index in [1.54, 1.807) is 41.5 Å². The molecule has 0 fully saturated rings. The Morgan fingerprint density at radius 3 is 0.571 bits per heavy atom. The molecule has 0 rings (SSSR count). The highest BCUT2D eigenvalue weighted by molar-refractivity contribution is 7.86. The summed E-state index contributed by atoms with van der Waals surface area (Å²) in [4.78, 5) is 0. The highest BCUT2D eigenvalue weighted by Gasteiger charge is 2.18. The SMILES string of the molecule is C.CCC(CC)S(=O)(=O)O.CCC(CC)S(=O)(=O)O.CCC(CC)S(=O)(=O)O. The van der Waals surface area contributed by atoms with Crippen molar-refractivity contribution in [2.24, 2.45) is 0 Å². The fourth-order valence-electron chi connectivity index (χ4n) is 2.13. The van der Waals surface area contributed by atoms with Gasteiger partial charge in [-0.2, -0.15) is 25.3 Å². The van der Waals surface area contributed by atoms with Gasteiger partial charge in [0.1, 0.15) is 0 Å². The highest BCUT2D eigenvalue weighted by Crippen LogP contribution is 2.08. The van der Waals surface area contributed by atoms with Gasteiger partial charge in [0.2, 0.25) is 0 Å². The molecule has 176 valence electrons. The summed E-state index contributed by atoms with van der Waals surface area (Å²) in [5, 5.41) is -1.72. The van der Waals surface area contributed by atoms with Crippen LogP contribution in [0, 0.1) is 0 Å². The van der Waals surface area contributed by atoms with Crippen molar-refractivity contribution in [1.82, 2.24) is 0 Å². The van der Waals surface area contributed by atoms with E-state index in [1.807, 2.05) is 0 Å². The molecule has 0 saturated carbocycles. The first-order valence-electron chi connectivity index (χ1n) is 8.95. The summed E-state index contributed by atoms with van der Waals surface area (Å²) in [7, 11) is -11.3. The second kappa shape index (κ2) is 16.5. The van der Waals surface area contributed by atoms with E-state index in [2.05, 4.69) is 0 Å². The lowest BCUT2D eigenvalue weighted by molar-refractivity contribution is 0.459. The molecule has 3 N–H and O–H groups in total. The molecule has 0 heterocycles. The maximum Gasteiger partial charge on any atom is 0.267 e. The Hall–Kier alpha value is -0.270. The maximum atomic E-state index is 10.3. The van der Waals surface area contributed by atoms with Crippen molar-refractivity contribution in [3.05, 3.63) is 0 Å². The van der Waals surface area contributed by atoms with E-state index in [4.69, 9.17) is 13.7 Å². The molecule has 9 nitrogen and oxygen atoms in total. The van der Waals surface area contributed by atoms with Crippen LogP contribution < -0.4 is 0 Å². The van der Waals surface area contributed by atoms with Crippen LogP contribution in [0.15, 0.2) is 0 Å². The van der Waals surface area contributed by atoms with Gasteiger partial charge in [-0.1, -0.05) is 49.0 Å². The quantitative estimate of drug-likeness (QED) is 0.423.